The van der Waals surface area contributed by atoms with Crippen molar-refractivity contribution in [3.63, 3.8) is 0 Å². The normalized spacial score (nSPS) is 11.4. The highest BCUT2D eigenvalue weighted by Crippen LogP contribution is 2.14. The summed E-state index contributed by atoms with van der Waals surface area (Å²) in [4.78, 5) is 6.86. The van der Waals surface area contributed by atoms with Crippen molar-refractivity contribution >= 4 is 41.3 Å². The van der Waals surface area contributed by atoms with Crippen molar-refractivity contribution in [2.45, 2.75) is 26.8 Å². The van der Waals surface area contributed by atoms with Gasteiger partial charge in [-0.3, -0.25) is 4.99 Å². The molecule has 0 aliphatic carbocycles. The number of nitrogens with one attached hydrogen (secondary N) is 2. The summed E-state index contributed by atoms with van der Waals surface area (Å²) >= 11 is 1.82. The van der Waals surface area contributed by atoms with E-state index in [4.69, 9.17) is 0 Å². The minimum atomic E-state index is 0. The molecule has 0 aromatic carbocycles. The number of halogens is 1. The molecule has 1 rings (SSSR count). The Balaban J connectivity index is 0.00000289. The Labute approximate surface area is 131 Å². The van der Waals surface area contributed by atoms with Crippen LogP contribution in [0, 0.1) is 6.92 Å². The lowest BCUT2D eigenvalue weighted by molar-refractivity contribution is 0.809. The molecule has 3 nitrogen and oxygen atoms in total. The number of aliphatic imine (C=N–C) groups is 1. The average molecular weight is 379 g/mol. The van der Waals surface area contributed by atoms with Gasteiger partial charge in [-0.05, 0) is 32.4 Å². The smallest absolute Gasteiger partial charge is 0.191 e. The van der Waals surface area contributed by atoms with E-state index in [0.29, 0.717) is 0 Å². The number of nitrogens with zero attached hydrogens (tertiary/aromatic N) is 1. The first-order chi connectivity index (χ1) is 8.26. The number of aryl methyl sites for hydroxylation is 1. The van der Waals surface area contributed by atoms with Crippen molar-refractivity contribution < 1.29 is 0 Å². The minimum Gasteiger partial charge on any atom is -0.356 e. The molecular weight excluding hydrogens is 357 g/mol. The zero-order valence-corrected chi connectivity index (χ0v) is 14.3. The maximum absolute atomic E-state index is 4.18. The van der Waals surface area contributed by atoms with Crippen LogP contribution < -0.4 is 10.6 Å². The molecule has 0 saturated carbocycles. The van der Waals surface area contributed by atoms with E-state index in [0.717, 1.165) is 25.5 Å². The fourth-order valence-corrected chi connectivity index (χ4v) is 2.24. The summed E-state index contributed by atoms with van der Waals surface area (Å²) in [5.41, 5.74) is 0. The molecule has 18 heavy (non-hydrogen) atoms. The minimum absolute atomic E-state index is 0. The van der Waals surface area contributed by atoms with Crippen molar-refractivity contribution in [2.75, 3.05) is 13.6 Å². The quantitative estimate of drug-likeness (QED) is 0.271. The van der Waals surface area contributed by atoms with Crippen molar-refractivity contribution in [3.05, 3.63) is 34.0 Å². The molecule has 1 heterocycles. The van der Waals surface area contributed by atoms with Crippen LogP contribution in [0.4, 0.5) is 0 Å². The molecule has 0 radical (unpaired) electrons. The molecule has 5 heteroatoms. The zero-order valence-electron chi connectivity index (χ0n) is 11.2. The molecule has 2 N–H and O–H groups in total. The van der Waals surface area contributed by atoms with Gasteiger partial charge in [0.15, 0.2) is 5.96 Å². The van der Waals surface area contributed by atoms with Crippen LogP contribution in [0.25, 0.3) is 0 Å². The second kappa shape index (κ2) is 10.4. The van der Waals surface area contributed by atoms with Crippen LogP contribution in [0.1, 0.15) is 23.1 Å². The van der Waals surface area contributed by atoms with Crippen molar-refractivity contribution in [3.8, 4) is 0 Å². The maximum atomic E-state index is 4.18. The molecule has 0 bridgehead atoms. The fraction of sp³-hybridized carbons (Fsp3) is 0.462. The molecule has 0 amide bonds. The number of thiophene rings is 1. The van der Waals surface area contributed by atoms with E-state index in [1.54, 1.807) is 7.05 Å². The van der Waals surface area contributed by atoms with Gasteiger partial charge < -0.3 is 10.6 Å². The first-order valence-corrected chi connectivity index (χ1v) is 6.69. The van der Waals surface area contributed by atoms with E-state index in [9.17, 15) is 0 Å². The number of hydrogen-bond acceptors (Lipinski definition) is 2. The van der Waals surface area contributed by atoms with Crippen LogP contribution in [0.15, 0.2) is 29.3 Å². The lowest BCUT2D eigenvalue weighted by Crippen LogP contribution is -2.37. The third-order valence-corrected chi connectivity index (χ3v) is 3.29. The highest BCUT2D eigenvalue weighted by Gasteiger charge is 1.99. The van der Waals surface area contributed by atoms with Gasteiger partial charge in [-0.25, -0.2) is 0 Å². The number of allylic oxidation sites excluding steroid dienone is 1. The Morgan fingerprint density at radius 3 is 2.72 bits per heavy atom. The molecule has 1 aromatic heterocycles. The Kier molecular flexibility index (Phi) is 10.0. The predicted molar refractivity (Wildman–Crippen MR) is 92.1 cm³/mol. The van der Waals surface area contributed by atoms with Gasteiger partial charge in [0.2, 0.25) is 0 Å². The summed E-state index contributed by atoms with van der Waals surface area (Å²) in [7, 11) is 1.80. The first kappa shape index (κ1) is 17.4. The molecule has 102 valence electrons. The molecular formula is C13H22IN3S. The molecule has 0 unspecified atom stereocenters. The molecule has 0 spiro atoms. The number of hydrogen-bond donors (Lipinski definition) is 2. The standard InChI is InChI=1S/C13H21N3S.HI/c1-4-5-6-9-15-13(14-3)16-10-12-8-7-11(2)17-12;/h4-5,7-8H,6,9-10H2,1-3H3,(H2,14,15,16);1H. The number of rotatable bonds is 5. The second-order valence-corrected chi connectivity index (χ2v) is 5.10. The fourth-order valence-electron chi connectivity index (χ4n) is 1.41. The molecule has 1 aromatic rings. The van der Waals surface area contributed by atoms with Crippen molar-refractivity contribution in [1.29, 1.82) is 0 Å². The Morgan fingerprint density at radius 2 is 2.17 bits per heavy atom. The average Bonchev–Trinajstić information content (AvgIpc) is 2.74. The van der Waals surface area contributed by atoms with Gasteiger partial charge in [-0.1, -0.05) is 12.2 Å². The number of guanidine groups is 1. The Bertz CT molecular complexity index is 385. The van der Waals surface area contributed by atoms with Crippen LogP contribution in [-0.2, 0) is 6.54 Å². The van der Waals surface area contributed by atoms with Gasteiger partial charge in [0, 0.05) is 23.3 Å². The van der Waals surface area contributed by atoms with Gasteiger partial charge >= 0.3 is 0 Å². The van der Waals surface area contributed by atoms with Crippen molar-refractivity contribution in [1.82, 2.24) is 10.6 Å². The predicted octanol–water partition coefficient (Wildman–Crippen LogP) is 3.31. The van der Waals surface area contributed by atoms with E-state index in [-0.39, 0.29) is 24.0 Å². The highest BCUT2D eigenvalue weighted by molar-refractivity contribution is 14.0. The maximum Gasteiger partial charge on any atom is 0.191 e. The first-order valence-electron chi connectivity index (χ1n) is 5.87. The second-order valence-electron chi connectivity index (χ2n) is 3.72. The lowest BCUT2D eigenvalue weighted by atomic mass is 10.4. The van der Waals surface area contributed by atoms with E-state index in [1.807, 2.05) is 18.3 Å². The van der Waals surface area contributed by atoms with Crippen LogP contribution >= 0.6 is 35.3 Å². The van der Waals surface area contributed by atoms with Gasteiger partial charge in [0.1, 0.15) is 0 Å². The molecule has 0 saturated heterocycles. The van der Waals surface area contributed by atoms with Crippen molar-refractivity contribution in [2.24, 2.45) is 4.99 Å². The van der Waals surface area contributed by atoms with E-state index < -0.39 is 0 Å². The largest absolute Gasteiger partial charge is 0.356 e. The summed E-state index contributed by atoms with van der Waals surface area (Å²) in [5, 5.41) is 6.57. The summed E-state index contributed by atoms with van der Waals surface area (Å²) in [5.74, 6) is 0.862. The van der Waals surface area contributed by atoms with Gasteiger partial charge in [0.25, 0.3) is 0 Å². The third-order valence-electron chi connectivity index (χ3n) is 2.29. The van der Waals surface area contributed by atoms with Crippen LogP contribution in [0.5, 0.6) is 0 Å². The highest BCUT2D eigenvalue weighted by atomic mass is 127. The lowest BCUT2D eigenvalue weighted by Gasteiger charge is -2.09. The summed E-state index contributed by atoms with van der Waals surface area (Å²) < 4.78 is 0. The van der Waals surface area contributed by atoms with E-state index >= 15 is 0 Å². The summed E-state index contributed by atoms with van der Waals surface area (Å²) in [6.07, 6.45) is 5.23. The Morgan fingerprint density at radius 1 is 1.39 bits per heavy atom. The molecule has 0 fully saturated rings. The van der Waals surface area contributed by atoms with Crippen LogP contribution in [0.3, 0.4) is 0 Å². The van der Waals surface area contributed by atoms with E-state index in [2.05, 4.69) is 46.8 Å². The molecule has 0 aliphatic heterocycles. The summed E-state index contributed by atoms with van der Waals surface area (Å²) in [6.45, 7) is 5.90. The van der Waals surface area contributed by atoms with Crippen LogP contribution in [-0.4, -0.2) is 19.6 Å². The summed E-state index contributed by atoms with van der Waals surface area (Å²) in [6, 6.07) is 4.30. The molecule has 0 aliphatic rings. The Hall–Kier alpha value is -0.560. The van der Waals surface area contributed by atoms with E-state index in [1.165, 1.54) is 9.75 Å². The SMILES string of the molecule is CC=CCCNC(=NC)NCc1ccc(C)s1.I. The topological polar surface area (TPSA) is 36.4 Å². The third kappa shape index (κ3) is 7.00. The van der Waals surface area contributed by atoms with Gasteiger partial charge in [0.05, 0.1) is 6.54 Å². The monoisotopic (exact) mass is 379 g/mol. The van der Waals surface area contributed by atoms with Gasteiger partial charge in [-0.2, -0.15) is 0 Å². The molecule has 0 atom stereocenters. The van der Waals surface area contributed by atoms with Gasteiger partial charge in [-0.15, -0.1) is 35.3 Å². The zero-order chi connectivity index (χ0) is 12.5. The van der Waals surface area contributed by atoms with Crippen LogP contribution in [0.2, 0.25) is 0 Å².